The van der Waals surface area contributed by atoms with Crippen molar-refractivity contribution in [3.05, 3.63) is 46.1 Å². The molecule has 162 valence electrons. The highest BCUT2D eigenvalue weighted by Gasteiger charge is 2.21. The molecule has 0 amide bonds. The van der Waals surface area contributed by atoms with Crippen LogP contribution >= 0.6 is 0 Å². The Balaban J connectivity index is 2.04. The smallest absolute Gasteiger partial charge is 0.277 e. The molecule has 0 aliphatic rings. The van der Waals surface area contributed by atoms with Gasteiger partial charge in [0.15, 0.2) is 11.3 Å². The highest BCUT2D eigenvalue weighted by atomic mass is 16.5. The summed E-state index contributed by atoms with van der Waals surface area (Å²) in [5.74, 6) is 2.42. The highest BCUT2D eigenvalue weighted by molar-refractivity contribution is 5.64. The van der Waals surface area contributed by atoms with Crippen molar-refractivity contribution in [2.24, 2.45) is 0 Å². The number of aromatic nitrogens is 4. The number of para-hydroxylation sites is 1. The monoisotopic (exact) mass is 410 g/mol. The van der Waals surface area contributed by atoms with E-state index in [9.17, 15) is 4.79 Å². The Labute approximate surface area is 178 Å². The zero-order chi connectivity index (χ0) is 21.5. The molecule has 1 unspecified atom stereocenters. The van der Waals surface area contributed by atoms with Crippen LogP contribution in [0, 0.1) is 6.92 Å². The molecule has 0 aliphatic heterocycles. The third-order valence-electron chi connectivity index (χ3n) is 5.57. The molecular weight excluding hydrogens is 376 g/mol. The molecule has 1 aromatic carbocycles. The van der Waals surface area contributed by atoms with Crippen LogP contribution in [0.4, 0.5) is 0 Å². The summed E-state index contributed by atoms with van der Waals surface area (Å²) in [7, 11) is 0. The number of fused-ring (bicyclic) bond motifs is 1. The summed E-state index contributed by atoms with van der Waals surface area (Å²) in [6.45, 7) is 8.98. The molecule has 2 aromatic heterocycles. The molecule has 0 bridgehead atoms. The summed E-state index contributed by atoms with van der Waals surface area (Å²) >= 11 is 0. The largest absolute Gasteiger partial charge is 0.493 e. The molecule has 0 saturated heterocycles. The molecule has 0 radical (unpaired) electrons. The molecule has 0 fully saturated rings. The van der Waals surface area contributed by atoms with Crippen molar-refractivity contribution in [2.45, 2.75) is 78.6 Å². The molecule has 6 heteroatoms. The molecule has 1 atom stereocenters. The maximum absolute atomic E-state index is 12.9. The lowest BCUT2D eigenvalue weighted by molar-refractivity contribution is 0.318. The molecule has 3 aromatic rings. The van der Waals surface area contributed by atoms with Gasteiger partial charge in [-0.15, -0.1) is 5.10 Å². The minimum atomic E-state index is -0.164. The Morgan fingerprint density at radius 1 is 1.10 bits per heavy atom. The van der Waals surface area contributed by atoms with E-state index in [4.69, 9.17) is 14.8 Å². The fourth-order valence-electron chi connectivity index (χ4n) is 3.91. The van der Waals surface area contributed by atoms with Gasteiger partial charge in [-0.2, -0.15) is 0 Å². The number of nitrogens with zero attached hydrogens (tertiary/aromatic N) is 3. The van der Waals surface area contributed by atoms with E-state index in [-0.39, 0.29) is 11.5 Å². The van der Waals surface area contributed by atoms with Crippen LogP contribution in [0.2, 0.25) is 0 Å². The zero-order valence-electron chi connectivity index (χ0n) is 18.7. The summed E-state index contributed by atoms with van der Waals surface area (Å²) in [4.78, 5) is 20.7. The summed E-state index contributed by atoms with van der Waals surface area (Å²) in [6, 6.07) is 7.71. The highest BCUT2D eigenvalue weighted by Crippen LogP contribution is 2.29. The maximum atomic E-state index is 12.9. The lowest BCUT2D eigenvalue weighted by atomic mass is 9.97. The van der Waals surface area contributed by atoms with E-state index in [0.717, 1.165) is 42.1 Å². The number of unbranched alkanes of at least 4 members (excludes halogenated alkanes) is 3. The number of hydrogen-bond donors (Lipinski definition) is 1. The van der Waals surface area contributed by atoms with Crippen molar-refractivity contribution >= 4 is 5.52 Å². The molecule has 30 heavy (non-hydrogen) atoms. The topological polar surface area (TPSA) is 72.3 Å². The van der Waals surface area contributed by atoms with Gasteiger partial charge in [-0.25, -0.2) is 9.50 Å². The molecular formula is C24H34N4O2. The Kier molecular flexibility index (Phi) is 7.66. The first-order valence-corrected chi connectivity index (χ1v) is 11.3. The van der Waals surface area contributed by atoms with Gasteiger partial charge in [0.25, 0.3) is 5.56 Å². The number of aryl methyl sites for hydroxylation is 1. The van der Waals surface area contributed by atoms with Gasteiger partial charge in [0.05, 0.1) is 17.9 Å². The second kappa shape index (κ2) is 10.4. The van der Waals surface area contributed by atoms with E-state index < -0.39 is 0 Å². The minimum absolute atomic E-state index is 0.164. The normalized spacial score (nSPS) is 12.4. The number of imidazole rings is 1. The summed E-state index contributed by atoms with van der Waals surface area (Å²) in [5, 5.41) is 4.83. The summed E-state index contributed by atoms with van der Waals surface area (Å²) in [5.41, 5.74) is 1.89. The second-order valence-electron chi connectivity index (χ2n) is 7.92. The van der Waals surface area contributed by atoms with E-state index in [1.165, 1.54) is 25.7 Å². The maximum Gasteiger partial charge on any atom is 0.277 e. The van der Waals surface area contributed by atoms with Crippen molar-refractivity contribution < 1.29 is 4.74 Å². The minimum Gasteiger partial charge on any atom is -0.493 e. The van der Waals surface area contributed by atoms with Gasteiger partial charge in [0, 0.05) is 5.92 Å². The summed E-state index contributed by atoms with van der Waals surface area (Å²) < 4.78 is 7.66. The molecule has 0 aliphatic carbocycles. The standard InChI is InChI=1S/C24H34N4O2/c1-5-8-9-10-13-18(7-3)23-25-17(4)21-24(29)26-22(27-28(21)23)19-14-11-12-15-20(19)30-16-6-2/h11-12,14-15,18H,5-10,13,16H2,1-4H3,(H,26,27,29). The Bertz CT molecular complexity index is 1020. The third kappa shape index (κ3) is 4.74. The van der Waals surface area contributed by atoms with E-state index in [1.54, 1.807) is 4.52 Å². The van der Waals surface area contributed by atoms with Gasteiger partial charge in [-0.1, -0.05) is 58.6 Å². The van der Waals surface area contributed by atoms with Crippen molar-refractivity contribution in [2.75, 3.05) is 6.61 Å². The number of ether oxygens (including phenoxy) is 1. The lowest BCUT2D eigenvalue weighted by Gasteiger charge is -2.14. The lowest BCUT2D eigenvalue weighted by Crippen LogP contribution is -2.17. The van der Waals surface area contributed by atoms with Crippen LogP contribution in [0.3, 0.4) is 0 Å². The number of nitrogens with one attached hydrogen (secondary N) is 1. The first kappa shape index (κ1) is 22.1. The number of aromatic amines is 1. The van der Waals surface area contributed by atoms with Crippen molar-refractivity contribution in [1.29, 1.82) is 0 Å². The molecule has 0 spiro atoms. The molecule has 0 saturated carbocycles. The zero-order valence-corrected chi connectivity index (χ0v) is 18.7. The van der Waals surface area contributed by atoms with Crippen molar-refractivity contribution in [3.8, 4) is 17.1 Å². The SMILES string of the molecule is CCCCCCC(CC)c1nc(C)c2c(=O)[nH]c(-c3ccccc3OCCC)nn12. The Morgan fingerprint density at radius 2 is 1.90 bits per heavy atom. The van der Waals surface area contributed by atoms with E-state index >= 15 is 0 Å². The van der Waals surface area contributed by atoms with Gasteiger partial charge in [-0.3, -0.25) is 4.79 Å². The molecule has 2 heterocycles. The first-order chi connectivity index (χ1) is 14.6. The second-order valence-corrected chi connectivity index (χ2v) is 7.92. The Hall–Kier alpha value is -2.63. The van der Waals surface area contributed by atoms with Crippen LogP contribution in [0.25, 0.3) is 16.9 Å². The van der Waals surface area contributed by atoms with Crippen LogP contribution in [-0.2, 0) is 0 Å². The Morgan fingerprint density at radius 3 is 2.63 bits per heavy atom. The molecule has 1 N–H and O–H groups in total. The quantitative estimate of drug-likeness (QED) is 0.415. The van der Waals surface area contributed by atoms with Gasteiger partial charge < -0.3 is 9.72 Å². The predicted molar refractivity (Wildman–Crippen MR) is 121 cm³/mol. The van der Waals surface area contributed by atoms with Gasteiger partial charge in [-0.05, 0) is 38.3 Å². The van der Waals surface area contributed by atoms with Crippen LogP contribution in [0.5, 0.6) is 5.75 Å². The number of H-pyrrole nitrogens is 1. The van der Waals surface area contributed by atoms with Crippen LogP contribution < -0.4 is 10.3 Å². The fourth-order valence-corrected chi connectivity index (χ4v) is 3.91. The van der Waals surface area contributed by atoms with Gasteiger partial charge >= 0.3 is 0 Å². The number of benzene rings is 1. The van der Waals surface area contributed by atoms with E-state index in [0.29, 0.717) is 17.9 Å². The number of rotatable bonds is 11. The van der Waals surface area contributed by atoms with Crippen molar-refractivity contribution in [1.82, 2.24) is 19.6 Å². The average Bonchev–Trinajstić information content (AvgIpc) is 3.09. The van der Waals surface area contributed by atoms with Crippen molar-refractivity contribution in [3.63, 3.8) is 0 Å². The average molecular weight is 411 g/mol. The predicted octanol–water partition coefficient (Wildman–Crippen LogP) is 5.65. The molecule has 3 rings (SSSR count). The number of hydrogen-bond acceptors (Lipinski definition) is 4. The van der Waals surface area contributed by atoms with E-state index in [1.807, 2.05) is 31.2 Å². The van der Waals surface area contributed by atoms with Gasteiger partial charge in [0.2, 0.25) is 0 Å². The van der Waals surface area contributed by atoms with Crippen LogP contribution in [0.15, 0.2) is 29.1 Å². The molecule has 6 nitrogen and oxygen atoms in total. The fraction of sp³-hybridized carbons (Fsp3) is 0.542. The summed E-state index contributed by atoms with van der Waals surface area (Å²) in [6.07, 6.45) is 7.84. The van der Waals surface area contributed by atoms with E-state index in [2.05, 4.69) is 25.8 Å². The first-order valence-electron chi connectivity index (χ1n) is 11.3. The van der Waals surface area contributed by atoms with Crippen LogP contribution in [0.1, 0.15) is 83.2 Å². The third-order valence-corrected chi connectivity index (χ3v) is 5.57. The van der Waals surface area contributed by atoms with Crippen LogP contribution in [-0.4, -0.2) is 26.2 Å². The van der Waals surface area contributed by atoms with Gasteiger partial charge in [0.1, 0.15) is 11.6 Å².